The van der Waals surface area contributed by atoms with Gasteiger partial charge in [0.25, 0.3) is 0 Å². The second-order valence-corrected chi connectivity index (χ2v) is 12.8. The van der Waals surface area contributed by atoms with Crippen molar-refractivity contribution < 1.29 is 29.1 Å². The van der Waals surface area contributed by atoms with E-state index in [4.69, 9.17) is 4.84 Å². The Morgan fingerprint density at radius 1 is 0.933 bits per heavy atom. The fourth-order valence-electron chi connectivity index (χ4n) is 6.50. The molecule has 1 aromatic heterocycles. The quantitative estimate of drug-likeness (QED) is 0.267. The number of para-hydroxylation sites is 1. The van der Waals surface area contributed by atoms with Crippen LogP contribution in [0.2, 0.25) is 0 Å². The maximum atomic E-state index is 14.0. The van der Waals surface area contributed by atoms with Crippen molar-refractivity contribution in [1.82, 2.24) is 25.6 Å². The third-order valence-electron chi connectivity index (χ3n) is 9.38. The number of aliphatic hydroxyl groups is 1. The minimum Gasteiger partial charge on any atom is -0.417 e. The van der Waals surface area contributed by atoms with E-state index in [0.29, 0.717) is 32.2 Å². The maximum Gasteiger partial charge on any atom is 0.246 e. The molecule has 4 rings (SSSR count). The van der Waals surface area contributed by atoms with Gasteiger partial charge in [0.05, 0.1) is 11.6 Å². The van der Waals surface area contributed by atoms with Crippen molar-refractivity contribution in [3.05, 3.63) is 36.0 Å². The average Bonchev–Trinajstić information content (AvgIpc) is 3.40. The Kier molecular flexibility index (Phi) is 12.3. The van der Waals surface area contributed by atoms with Gasteiger partial charge in [0.15, 0.2) is 0 Å². The number of piperidine rings is 1. The summed E-state index contributed by atoms with van der Waals surface area (Å²) in [7, 11) is 1.56. The van der Waals surface area contributed by atoms with Crippen LogP contribution in [0.4, 0.5) is 0 Å². The lowest BCUT2D eigenvalue weighted by Crippen LogP contribution is -2.64. The molecule has 4 N–H and O–H groups in total. The normalized spacial score (nSPS) is 24.5. The molecule has 248 valence electrons. The van der Waals surface area contributed by atoms with E-state index in [9.17, 15) is 24.3 Å². The van der Waals surface area contributed by atoms with Gasteiger partial charge in [-0.15, -0.1) is 0 Å². The molecular formula is C34H51N5O6. The third-order valence-corrected chi connectivity index (χ3v) is 9.38. The first kappa shape index (κ1) is 34.3. The number of aromatic nitrogens is 1. The number of hydrogen-bond donors (Lipinski definition) is 4. The Morgan fingerprint density at radius 2 is 1.64 bits per heavy atom. The summed E-state index contributed by atoms with van der Waals surface area (Å²) in [6.07, 6.45) is 8.83. The molecule has 3 heterocycles. The Morgan fingerprint density at radius 3 is 2.38 bits per heavy atom. The van der Waals surface area contributed by atoms with Crippen LogP contribution in [0.1, 0.15) is 90.5 Å². The van der Waals surface area contributed by atoms with Crippen LogP contribution in [0.5, 0.6) is 0 Å². The number of rotatable bonds is 12. The first-order chi connectivity index (χ1) is 21.6. The smallest absolute Gasteiger partial charge is 0.246 e. The summed E-state index contributed by atoms with van der Waals surface area (Å²) >= 11 is 0. The predicted octanol–water partition coefficient (Wildman–Crippen LogP) is 2.86. The Balaban J connectivity index is 1.65. The number of unbranched alkanes of at least 4 members (excludes halogenated alkanes) is 3. The van der Waals surface area contributed by atoms with Gasteiger partial charge >= 0.3 is 0 Å². The molecule has 2 aliphatic rings. The van der Waals surface area contributed by atoms with E-state index in [1.54, 1.807) is 23.7 Å². The standard InChI is InChI=1S/C34H51N5O6/c1-5-22(2)30-34(44)38-19-13-12-18-29(38)33(43)35-26(16-9-7-6-8-14-23(3)40)31(41)36-27(32(42)37-30)20-24-21-39(45-4)28-17-11-10-15-25(24)28/h10-11,15,17,21-23,26-27,29-30,40H,5-9,12-14,16,18-20H2,1-4H3,(H,35,43)(H,36,41)(H,37,42)/t22-,23-,26+,27+,29-,30+/m1/s1. The lowest BCUT2D eigenvalue weighted by molar-refractivity contribution is -0.147. The Bertz CT molecular complexity index is 1330. The highest BCUT2D eigenvalue weighted by molar-refractivity contribution is 5.98. The molecule has 11 heteroatoms. The fourth-order valence-corrected chi connectivity index (χ4v) is 6.50. The molecule has 0 bridgehead atoms. The highest BCUT2D eigenvalue weighted by Crippen LogP contribution is 2.24. The molecule has 2 aliphatic heterocycles. The number of carbonyl (C=O) groups excluding carboxylic acids is 4. The summed E-state index contributed by atoms with van der Waals surface area (Å²) in [4.78, 5) is 62.8. The fraction of sp³-hybridized carbons (Fsp3) is 0.647. The minimum atomic E-state index is -0.991. The summed E-state index contributed by atoms with van der Waals surface area (Å²) in [6, 6.07) is 4.31. The molecule has 2 fully saturated rings. The largest absolute Gasteiger partial charge is 0.417 e. The van der Waals surface area contributed by atoms with Gasteiger partial charge in [0.1, 0.15) is 31.3 Å². The lowest BCUT2D eigenvalue weighted by Gasteiger charge is -2.39. The van der Waals surface area contributed by atoms with E-state index in [1.807, 2.05) is 44.3 Å². The highest BCUT2D eigenvalue weighted by atomic mass is 16.6. The topological polar surface area (TPSA) is 142 Å². The van der Waals surface area contributed by atoms with Crippen molar-refractivity contribution in [1.29, 1.82) is 0 Å². The van der Waals surface area contributed by atoms with Crippen molar-refractivity contribution in [3.8, 4) is 0 Å². The van der Waals surface area contributed by atoms with Gasteiger partial charge in [-0.05, 0) is 56.6 Å². The van der Waals surface area contributed by atoms with E-state index in [0.717, 1.165) is 55.0 Å². The van der Waals surface area contributed by atoms with Gasteiger partial charge in [-0.2, -0.15) is 4.73 Å². The monoisotopic (exact) mass is 625 g/mol. The zero-order chi connectivity index (χ0) is 32.5. The van der Waals surface area contributed by atoms with Gasteiger partial charge in [-0.25, -0.2) is 0 Å². The third kappa shape index (κ3) is 8.56. The molecule has 0 spiro atoms. The molecule has 0 radical (unpaired) electrons. The number of carbonyl (C=O) groups is 4. The number of aliphatic hydroxyl groups excluding tert-OH is 1. The van der Waals surface area contributed by atoms with Crippen LogP contribution < -0.4 is 20.8 Å². The van der Waals surface area contributed by atoms with Crippen LogP contribution in [-0.4, -0.2) is 82.3 Å². The molecule has 6 atom stereocenters. The van der Waals surface area contributed by atoms with Crippen LogP contribution >= 0.6 is 0 Å². The number of fused-ring (bicyclic) bond motifs is 2. The van der Waals surface area contributed by atoms with Gasteiger partial charge in [0.2, 0.25) is 23.6 Å². The average molecular weight is 626 g/mol. The highest BCUT2D eigenvalue weighted by Gasteiger charge is 2.40. The van der Waals surface area contributed by atoms with Crippen molar-refractivity contribution in [2.24, 2.45) is 5.92 Å². The van der Waals surface area contributed by atoms with Crippen molar-refractivity contribution in [3.63, 3.8) is 0 Å². The van der Waals surface area contributed by atoms with Crippen LogP contribution in [0.25, 0.3) is 10.9 Å². The van der Waals surface area contributed by atoms with Gasteiger partial charge in [-0.1, -0.05) is 64.2 Å². The van der Waals surface area contributed by atoms with Crippen LogP contribution in [0.15, 0.2) is 30.5 Å². The van der Waals surface area contributed by atoms with E-state index in [2.05, 4.69) is 16.0 Å². The maximum absolute atomic E-state index is 14.0. The second kappa shape index (κ2) is 16.1. The summed E-state index contributed by atoms with van der Waals surface area (Å²) in [6.45, 7) is 6.09. The zero-order valence-electron chi connectivity index (χ0n) is 27.2. The zero-order valence-corrected chi connectivity index (χ0v) is 27.2. The molecule has 1 aromatic carbocycles. The summed E-state index contributed by atoms with van der Waals surface area (Å²) in [5.74, 6) is -1.62. The van der Waals surface area contributed by atoms with Crippen molar-refractivity contribution in [2.75, 3.05) is 13.7 Å². The molecule has 4 amide bonds. The summed E-state index contributed by atoms with van der Waals surface area (Å²) < 4.78 is 1.63. The first-order valence-corrected chi connectivity index (χ1v) is 16.7. The van der Waals surface area contributed by atoms with Crippen LogP contribution in [0, 0.1) is 5.92 Å². The van der Waals surface area contributed by atoms with Gasteiger partial charge in [0, 0.05) is 24.5 Å². The van der Waals surface area contributed by atoms with Crippen LogP contribution in [-0.2, 0) is 25.6 Å². The Hall–Kier alpha value is -3.60. The molecule has 45 heavy (non-hydrogen) atoms. The minimum absolute atomic E-state index is 0.169. The number of benzene rings is 1. The van der Waals surface area contributed by atoms with E-state index < -0.39 is 36.0 Å². The number of nitrogens with one attached hydrogen (secondary N) is 3. The molecule has 2 aromatic rings. The molecule has 2 saturated heterocycles. The molecular weight excluding hydrogens is 574 g/mol. The Labute approximate surface area is 266 Å². The van der Waals surface area contributed by atoms with E-state index >= 15 is 0 Å². The summed E-state index contributed by atoms with van der Waals surface area (Å²) in [5.41, 5.74) is 1.64. The van der Waals surface area contributed by atoms with Crippen molar-refractivity contribution >= 4 is 34.5 Å². The number of hydrogen-bond acceptors (Lipinski definition) is 6. The first-order valence-electron chi connectivity index (χ1n) is 16.7. The molecule has 11 nitrogen and oxygen atoms in total. The second-order valence-electron chi connectivity index (χ2n) is 12.8. The number of nitrogens with zero attached hydrogens (tertiary/aromatic N) is 2. The molecule has 0 aliphatic carbocycles. The van der Waals surface area contributed by atoms with Gasteiger partial charge in [-0.3, -0.25) is 19.2 Å². The van der Waals surface area contributed by atoms with E-state index in [-0.39, 0.29) is 30.3 Å². The van der Waals surface area contributed by atoms with E-state index in [1.165, 1.54) is 0 Å². The van der Waals surface area contributed by atoms with Crippen LogP contribution in [0.3, 0.4) is 0 Å². The predicted molar refractivity (Wildman–Crippen MR) is 172 cm³/mol. The molecule has 0 saturated carbocycles. The number of amides is 4. The molecule has 0 unspecified atom stereocenters. The van der Waals surface area contributed by atoms with Crippen molar-refractivity contribution in [2.45, 2.75) is 122 Å². The summed E-state index contributed by atoms with van der Waals surface area (Å²) in [5, 5.41) is 19.4. The lowest BCUT2D eigenvalue weighted by atomic mass is 9.93. The van der Waals surface area contributed by atoms with Gasteiger partial charge < -0.3 is 30.8 Å². The SMILES string of the molecule is CC[C@@H](C)[C@@H]1NC(=O)[C@H](Cc2cn(OC)c3ccccc23)NC(=O)[C@H](CCCCCC[C@@H](C)O)NC(=O)[C@H]2CCCCN2C1=O.